The number of nitrogens with one attached hydrogen (secondary N) is 1. The number of aliphatic carboxylic acids is 1. The van der Waals surface area contributed by atoms with E-state index in [-0.39, 0.29) is 6.42 Å². The van der Waals surface area contributed by atoms with Gasteiger partial charge in [0.15, 0.2) is 0 Å². The molecule has 0 saturated heterocycles. The molecule has 0 fully saturated rings. The Balaban J connectivity index is 4.56. The summed E-state index contributed by atoms with van der Waals surface area (Å²) in [5.41, 5.74) is 0. The van der Waals surface area contributed by atoms with Crippen molar-refractivity contribution in [1.82, 2.24) is 5.32 Å². The molecule has 15 heavy (non-hydrogen) atoms. The fraction of sp³-hybridized carbons (Fsp3) is 0.571. The van der Waals surface area contributed by atoms with Crippen LogP contribution in [0.15, 0.2) is 12.7 Å². The van der Waals surface area contributed by atoms with Gasteiger partial charge in [-0.05, 0) is 12.2 Å². The third kappa shape index (κ3) is 5.34. The van der Waals surface area contributed by atoms with Crippen molar-refractivity contribution in [3.8, 4) is 0 Å². The monoisotopic (exact) mass is 255 g/mol. The fourth-order valence-electron chi connectivity index (χ4n) is 0.916. The van der Waals surface area contributed by atoms with Gasteiger partial charge in [-0.3, -0.25) is 14.7 Å². The predicted octanol–water partition coefficient (Wildman–Crippen LogP) is 0.0389. The molecule has 0 bridgehead atoms. The zero-order chi connectivity index (χ0) is 12.1. The molecule has 4 N–H and O–H groups in total. The molecule has 0 spiro atoms. The van der Waals surface area contributed by atoms with Crippen LogP contribution in [0.3, 0.4) is 0 Å². The van der Waals surface area contributed by atoms with Crippen LogP contribution in [0.25, 0.3) is 0 Å². The van der Waals surface area contributed by atoms with Gasteiger partial charge in [-0.15, -0.1) is 6.58 Å². The molecule has 0 aliphatic carbocycles. The van der Waals surface area contributed by atoms with Gasteiger partial charge >= 0.3 is 13.6 Å². The Bertz CT molecular complexity index is 279. The van der Waals surface area contributed by atoms with E-state index in [0.717, 1.165) is 6.08 Å². The van der Waals surface area contributed by atoms with Crippen LogP contribution in [-0.2, 0) is 9.36 Å². The van der Waals surface area contributed by atoms with Gasteiger partial charge in [0.05, 0.1) is 0 Å². The number of hydrogen-bond donors (Lipinski definition) is 5. The Morgan fingerprint density at radius 3 is 2.40 bits per heavy atom. The highest BCUT2D eigenvalue weighted by Gasteiger charge is 2.30. The maximum absolute atomic E-state index is 10.9. The van der Waals surface area contributed by atoms with E-state index in [0.29, 0.717) is 5.75 Å². The quantitative estimate of drug-likeness (QED) is 0.250. The summed E-state index contributed by atoms with van der Waals surface area (Å²) in [7, 11) is -4.41. The van der Waals surface area contributed by atoms with E-state index in [1.54, 1.807) is 0 Å². The van der Waals surface area contributed by atoms with Crippen LogP contribution in [-0.4, -0.2) is 38.4 Å². The highest BCUT2D eigenvalue weighted by atomic mass is 32.1. The summed E-state index contributed by atoms with van der Waals surface area (Å²) in [5.74, 6) is -2.22. The van der Waals surface area contributed by atoms with Gasteiger partial charge < -0.3 is 14.9 Å². The number of rotatable bonds is 7. The Morgan fingerprint density at radius 2 is 2.13 bits per heavy atom. The van der Waals surface area contributed by atoms with Crippen LogP contribution in [0.4, 0.5) is 0 Å². The lowest BCUT2D eigenvalue weighted by Crippen LogP contribution is -2.42. The van der Waals surface area contributed by atoms with Crippen LogP contribution in [0.2, 0.25) is 0 Å². The maximum Gasteiger partial charge on any atom is 0.346 e. The van der Waals surface area contributed by atoms with Crippen LogP contribution in [0.1, 0.15) is 6.42 Å². The molecular formula is C7H14NO5PS. The summed E-state index contributed by atoms with van der Waals surface area (Å²) < 4.78 is 10.9. The molecule has 1 unspecified atom stereocenters. The first-order chi connectivity index (χ1) is 6.82. The molecular weight excluding hydrogens is 241 g/mol. The van der Waals surface area contributed by atoms with Gasteiger partial charge in [0.1, 0.15) is 11.8 Å². The van der Waals surface area contributed by atoms with E-state index in [1.165, 1.54) is 0 Å². The number of thiol groups is 1. The molecule has 0 radical (unpaired) electrons. The number of carbonyl (C=O) groups is 1. The van der Waals surface area contributed by atoms with Gasteiger partial charge in [0.2, 0.25) is 0 Å². The largest absolute Gasteiger partial charge is 0.480 e. The van der Waals surface area contributed by atoms with E-state index in [2.05, 4.69) is 24.5 Å². The third-order valence-corrected chi connectivity index (χ3v) is 3.02. The van der Waals surface area contributed by atoms with E-state index < -0.39 is 25.4 Å². The van der Waals surface area contributed by atoms with E-state index in [1.807, 2.05) is 0 Å². The molecule has 0 amide bonds. The average Bonchev–Trinajstić information content (AvgIpc) is 2.09. The molecule has 0 rings (SSSR count). The fourth-order valence-corrected chi connectivity index (χ4v) is 1.82. The van der Waals surface area contributed by atoms with Gasteiger partial charge in [-0.25, -0.2) is 0 Å². The van der Waals surface area contributed by atoms with Crippen molar-refractivity contribution < 1.29 is 24.3 Å². The molecule has 6 nitrogen and oxygen atoms in total. The Labute approximate surface area is 93.0 Å². The zero-order valence-corrected chi connectivity index (χ0v) is 9.69. The van der Waals surface area contributed by atoms with Crippen molar-refractivity contribution in [2.45, 2.75) is 18.2 Å². The van der Waals surface area contributed by atoms with Gasteiger partial charge in [0, 0.05) is 0 Å². The first kappa shape index (κ1) is 14.7. The van der Waals surface area contributed by atoms with Crippen LogP contribution in [0.5, 0.6) is 0 Å². The van der Waals surface area contributed by atoms with Gasteiger partial charge in [0.25, 0.3) is 0 Å². The molecule has 0 aromatic rings. The first-order valence-electron chi connectivity index (χ1n) is 4.10. The highest BCUT2D eigenvalue weighted by Crippen LogP contribution is 2.40. The number of hydrogen-bond acceptors (Lipinski definition) is 4. The standard InChI is InChI=1S/C7H14NO5PS/c1-2-6(14(11,12)13)8-5(3-4-15)7(9)10/h2,5-6,8,15H,1,3-4H2,(H,9,10)(H2,11,12,13)/t5-,6?/m0/s1. The second-order valence-corrected chi connectivity index (χ2v) is 5.02. The minimum absolute atomic E-state index is 0.169. The van der Waals surface area contributed by atoms with Gasteiger partial charge in [-0.1, -0.05) is 6.08 Å². The summed E-state index contributed by atoms with van der Waals surface area (Å²) in [6, 6.07) is -1.04. The predicted molar refractivity (Wildman–Crippen MR) is 59.1 cm³/mol. The van der Waals surface area contributed by atoms with Crippen molar-refractivity contribution in [3.05, 3.63) is 12.7 Å². The van der Waals surface area contributed by atoms with Crippen molar-refractivity contribution in [1.29, 1.82) is 0 Å². The van der Waals surface area contributed by atoms with Crippen molar-refractivity contribution in [2.24, 2.45) is 0 Å². The maximum atomic E-state index is 10.9. The Morgan fingerprint density at radius 1 is 1.60 bits per heavy atom. The van der Waals surface area contributed by atoms with Crippen molar-refractivity contribution in [2.75, 3.05) is 5.75 Å². The summed E-state index contributed by atoms with van der Waals surface area (Å²) in [6.07, 6.45) is 1.16. The van der Waals surface area contributed by atoms with Crippen LogP contribution in [0, 0.1) is 0 Å². The van der Waals surface area contributed by atoms with E-state index in [9.17, 15) is 9.36 Å². The Hall–Kier alpha value is -0.330. The molecule has 0 heterocycles. The molecule has 0 aliphatic rings. The molecule has 0 aromatic carbocycles. The van der Waals surface area contributed by atoms with Crippen molar-refractivity contribution >= 4 is 26.2 Å². The summed E-state index contributed by atoms with van der Waals surface area (Å²) in [6.45, 7) is 3.23. The summed E-state index contributed by atoms with van der Waals surface area (Å²) in [5, 5.41) is 11.0. The van der Waals surface area contributed by atoms with Crippen molar-refractivity contribution in [3.63, 3.8) is 0 Å². The lowest BCUT2D eigenvalue weighted by Gasteiger charge is -2.20. The normalized spacial score (nSPS) is 15.7. The van der Waals surface area contributed by atoms with Crippen LogP contribution >= 0.6 is 20.2 Å². The second kappa shape index (κ2) is 6.30. The molecule has 8 heteroatoms. The zero-order valence-electron chi connectivity index (χ0n) is 7.91. The average molecular weight is 255 g/mol. The van der Waals surface area contributed by atoms with E-state index >= 15 is 0 Å². The number of carboxylic acids is 1. The molecule has 0 aliphatic heterocycles. The second-order valence-electron chi connectivity index (χ2n) is 2.84. The number of carboxylic acid groups (broad SMARTS) is 1. The molecule has 88 valence electrons. The summed E-state index contributed by atoms with van der Waals surface area (Å²) >= 11 is 3.86. The molecule has 0 aromatic heterocycles. The van der Waals surface area contributed by atoms with Gasteiger partial charge in [-0.2, -0.15) is 12.6 Å². The SMILES string of the molecule is C=CC(N[C@@H](CCS)C(=O)O)P(=O)(O)O. The molecule has 2 atom stereocenters. The topological polar surface area (TPSA) is 107 Å². The molecule has 0 saturated carbocycles. The highest BCUT2D eigenvalue weighted by molar-refractivity contribution is 7.80. The summed E-state index contributed by atoms with van der Waals surface area (Å²) in [4.78, 5) is 28.4. The lowest BCUT2D eigenvalue weighted by atomic mass is 10.2. The smallest absolute Gasteiger partial charge is 0.346 e. The minimum Gasteiger partial charge on any atom is -0.480 e. The third-order valence-electron chi connectivity index (χ3n) is 1.67. The minimum atomic E-state index is -4.41. The van der Waals surface area contributed by atoms with Crippen LogP contribution < -0.4 is 5.32 Å². The van der Waals surface area contributed by atoms with E-state index in [4.69, 9.17) is 14.9 Å². The lowest BCUT2D eigenvalue weighted by molar-refractivity contribution is -0.139. The Kier molecular flexibility index (Phi) is 6.16. The first-order valence-corrected chi connectivity index (χ1v) is 6.41.